The number of cyclic esters (lactones) is 1. The molecule has 40 heavy (non-hydrogen) atoms. The van der Waals surface area contributed by atoms with Gasteiger partial charge in [-0.1, -0.05) is 6.92 Å². The Bertz CT molecular complexity index is 1590. The van der Waals surface area contributed by atoms with Crippen LogP contribution in [-0.2, 0) is 20.3 Å². The van der Waals surface area contributed by atoms with Crippen LogP contribution in [0, 0.1) is 0 Å². The van der Waals surface area contributed by atoms with Crippen molar-refractivity contribution in [2.75, 3.05) is 19.4 Å². The summed E-state index contributed by atoms with van der Waals surface area (Å²) in [4.78, 5) is 26.3. The van der Waals surface area contributed by atoms with Crippen LogP contribution < -0.4 is 15.8 Å². The number of hydrogen-bond acceptors (Lipinski definition) is 10. The second kappa shape index (κ2) is 9.64. The van der Waals surface area contributed by atoms with Gasteiger partial charge in [0.05, 0.1) is 21.9 Å². The molecule has 4 heterocycles. The highest BCUT2D eigenvalue weighted by atomic mass is 32.2. The number of esters is 1. The molecule has 1 atom stereocenters. The number of fused-ring (bicyclic) bond motifs is 2. The summed E-state index contributed by atoms with van der Waals surface area (Å²) in [5.41, 5.74) is 7.06. The number of nitrogens with zero attached hydrogens (tertiary/aromatic N) is 4. The van der Waals surface area contributed by atoms with E-state index in [1.54, 1.807) is 24.5 Å². The molecule has 1 aliphatic heterocycles. The molecule has 1 saturated carbocycles. The minimum absolute atomic E-state index is 0.0965. The summed E-state index contributed by atoms with van der Waals surface area (Å²) in [6, 6.07) is 5.31. The van der Waals surface area contributed by atoms with E-state index in [0.717, 1.165) is 10.9 Å². The third-order valence-electron chi connectivity index (χ3n) is 7.90. The average molecular weight is 569 g/mol. The number of hydrogen-bond donors (Lipinski definition) is 2. The van der Waals surface area contributed by atoms with Crippen LogP contribution >= 0.6 is 0 Å². The lowest BCUT2D eigenvalue weighted by molar-refractivity contribution is -0.0189. The first kappa shape index (κ1) is 28.2. The predicted octanol–water partition coefficient (Wildman–Crippen LogP) is 3.82. The van der Waals surface area contributed by atoms with Gasteiger partial charge in [-0.3, -0.25) is 0 Å². The molecule has 1 aliphatic carbocycles. The van der Waals surface area contributed by atoms with Crippen LogP contribution in [-0.4, -0.2) is 64.7 Å². The standard InChI is InChI=1S/C28H36N6O5S/c1-15-24-18(26(35)39-28(15,4)5)8-9-22(33-24)32-23-12-19-20(13-30-23)25(31-14-21(19)27(2,3)29)38-16-10-17(11-16)40(36,37)34(6)7/h8-9,12-17H,10-11,29H2,1-7H3,(H,30,32,33)/t15-,16-,17+/m1/s1. The van der Waals surface area contributed by atoms with Gasteiger partial charge in [-0.05, 0) is 56.8 Å². The quantitative estimate of drug-likeness (QED) is 0.403. The molecule has 0 unspecified atom stereocenters. The Morgan fingerprint density at radius 1 is 1.12 bits per heavy atom. The van der Waals surface area contributed by atoms with Crippen LogP contribution in [0.3, 0.4) is 0 Å². The highest BCUT2D eigenvalue weighted by Crippen LogP contribution is 2.39. The van der Waals surface area contributed by atoms with E-state index in [1.807, 2.05) is 40.7 Å². The van der Waals surface area contributed by atoms with Crippen molar-refractivity contribution in [3.05, 3.63) is 47.4 Å². The van der Waals surface area contributed by atoms with Gasteiger partial charge < -0.3 is 20.5 Å². The van der Waals surface area contributed by atoms with Crippen molar-refractivity contribution in [2.45, 2.75) is 75.9 Å². The highest BCUT2D eigenvalue weighted by molar-refractivity contribution is 7.89. The number of rotatable bonds is 7. The SMILES string of the molecule is C[C@@H]1c2nc(Nc3cc4c(C(C)(C)N)cnc(O[C@H]5C[C@@H](S(=O)(=O)N(C)C)C5)c4cn3)ccc2C(=O)OC1(C)C. The molecule has 3 aromatic rings. The van der Waals surface area contributed by atoms with Gasteiger partial charge in [-0.2, -0.15) is 0 Å². The first-order valence-corrected chi connectivity index (χ1v) is 14.8. The number of carbonyl (C=O) groups is 1. The Hall–Kier alpha value is -3.35. The molecule has 0 bridgehead atoms. The summed E-state index contributed by atoms with van der Waals surface area (Å²) in [6.45, 7) is 9.53. The largest absolute Gasteiger partial charge is 0.474 e. The Morgan fingerprint density at radius 3 is 2.48 bits per heavy atom. The molecular formula is C28H36N6O5S. The van der Waals surface area contributed by atoms with Crippen molar-refractivity contribution in [3.8, 4) is 5.88 Å². The number of anilines is 2. The van der Waals surface area contributed by atoms with E-state index < -0.39 is 26.4 Å². The zero-order chi connectivity index (χ0) is 29.2. The number of pyridine rings is 3. The normalized spacial score (nSPS) is 22.4. The average Bonchev–Trinajstić information content (AvgIpc) is 2.83. The molecule has 0 saturated heterocycles. The third-order valence-corrected chi connectivity index (χ3v) is 10.1. The molecule has 0 spiro atoms. The highest BCUT2D eigenvalue weighted by Gasteiger charge is 2.42. The third kappa shape index (κ3) is 4.99. The van der Waals surface area contributed by atoms with Gasteiger partial charge >= 0.3 is 5.97 Å². The second-order valence-electron chi connectivity index (χ2n) is 11.9. The number of carbonyl (C=O) groups excluding carboxylic acids is 1. The fourth-order valence-electron chi connectivity index (χ4n) is 4.99. The maximum Gasteiger partial charge on any atom is 0.340 e. The lowest BCUT2D eigenvalue weighted by Crippen LogP contribution is -2.47. The summed E-state index contributed by atoms with van der Waals surface area (Å²) in [5.74, 6) is 0.987. The summed E-state index contributed by atoms with van der Waals surface area (Å²) >= 11 is 0. The Balaban J connectivity index is 1.45. The van der Waals surface area contributed by atoms with E-state index in [9.17, 15) is 13.2 Å². The van der Waals surface area contributed by atoms with Crippen molar-refractivity contribution in [1.29, 1.82) is 0 Å². The van der Waals surface area contributed by atoms with E-state index >= 15 is 0 Å². The monoisotopic (exact) mass is 568 g/mol. The Kier molecular flexibility index (Phi) is 6.79. The van der Waals surface area contributed by atoms with Crippen molar-refractivity contribution in [1.82, 2.24) is 19.3 Å². The van der Waals surface area contributed by atoms with Gasteiger partial charge in [0, 0.05) is 50.8 Å². The van der Waals surface area contributed by atoms with Crippen LogP contribution in [0.15, 0.2) is 30.6 Å². The zero-order valence-electron chi connectivity index (χ0n) is 23.8. The van der Waals surface area contributed by atoms with Crippen LogP contribution in [0.4, 0.5) is 11.6 Å². The zero-order valence-corrected chi connectivity index (χ0v) is 24.7. The molecule has 11 nitrogen and oxygen atoms in total. The Labute approximate surface area is 234 Å². The van der Waals surface area contributed by atoms with Gasteiger partial charge in [0.15, 0.2) is 0 Å². The summed E-state index contributed by atoms with van der Waals surface area (Å²) < 4.78 is 37.8. The molecule has 0 amide bonds. The lowest BCUT2D eigenvalue weighted by atomic mass is 9.84. The predicted molar refractivity (Wildman–Crippen MR) is 152 cm³/mol. The van der Waals surface area contributed by atoms with Crippen LogP contribution in [0.2, 0.25) is 0 Å². The maximum atomic E-state index is 12.5. The van der Waals surface area contributed by atoms with Crippen molar-refractivity contribution in [3.63, 3.8) is 0 Å². The van der Waals surface area contributed by atoms with Crippen LogP contribution in [0.5, 0.6) is 5.88 Å². The molecule has 5 rings (SSSR count). The van der Waals surface area contributed by atoms with Crippen molar-refractivity contribution < 1.29 is 22.7 Å². The molecule has 214 valence electrons. The van der Waals surface area contributed by atoms with E-state index in [2.05, 4.69) is 15.3 Å². The maximum absolute atomic E-state index is 12.5. The molecular weight excluding hydrogens is 532 g/mol. The lowest BCUT2D eigenvalue weighted by Gasteiger charge is -2.36. The van der Waals surface area contributed by atoms with Crippen molar-refractivity contribution >= 4 is 38.4 Å². The number of nitrogens with one attached hydrogen (secondary N) is 1. The molecule has 12 heteroatoms. The van der Waals surface area contributed by atoms with Gasteiger partial charge in [0.1, 0.15) is 23.3 Å². The summed E-state index contributed by atoms with van der Waals surface area (Å²) in [5, 5.41) is 4.28. The molecule has 3 aromatic heterocycles. The summed E-state index contributed by atoms with van der Waals surface area (Å²) in [7, 11) is -0.244. The first-order chi connectivity index (χ1) is 18.6. The minimum Gasteiger partial charge on any atom is -0.474 e. The van der Waals surface area contributed by atoms with E-state index in [0.29, 0.717) is 47.0 Å². The Morgan fingerprint density at radius 2 is 1.82 bits per heavy atom. The van der Waals surface area contributed by atoms with E-state index in [4.69, 9.17) is 20.2 Å². The molecule has 3 N–H and O–H groups in total. The first-order valence-electron chi connectivity index (χ1n) is 13.3. The second-order valence-corrected chi connectivity index (χ2v) is 14.4. The molecule has 0 aromatic carbocycles. The van der Waals surface area contributed by atoms with Crippen LogP contribution in [0.25, 0.3) is 10.8 Å². The van der Waals surface area contributed by atoms with Gasteiger partial charge in [0.2, 0.25) is 15.9 Å². The number of nitrogens with two attached hydrogens (primary N) is 1. The fraction of sp³-hybridized carbons (Fsp3) is 0.500. The minimum atomic E-state index is -3.32. The van der Waals surface area contributed by atoms with E-state index in [-0.39, 0.29) is 18.0 Å². The van der Waals surface area contributed by atoms with Crippen molar-refractivity contribution in [2.24, 2.45) is 5.73 Å². The number of sulfonamides is 1. The summed E-state index contributed by atoms with van der Waals surface area (Å²) in [6.07, 6.45) is 3.90. The molecule has 2 aliphatic rings. The number of aromatic nitrogens is 3. The fourth-order valence-corrected chi connectivity index (χ4v) is 6.50. The van der Waals surface area contributed by atoms with Gasteiger partial charge in [0.25, 0.3) is 0 Å². The molecule has 1 fully saturated rings. The van der Waals surface area contributed by atoms with Gasteiger partial charge in [-0.25, -0.2) is 32.5 Å². The number of ether oxygens (including phenoxy) is 2. The van der Waals surface area contributed by atoms with E-state index in [1.165, 1.54) is 18.4 Å². The molecule has 0 radical (unpaired) electrons. The topological polar surface area (TPSA) is 150 Å². The van der Waals surface area contributed by atoms with Gasteiger partial charge in [-0.15, -0.1) is 0 Å². The van der Waals surface area contributed by atoms with Crippen LogP contribution in [0.1, 0.15) is 75.0 Å². The smallest absolute Gasteiger partial charge is 0.340 e.